The van der Waals surface area contributed by atoms with Crippen LogP contribution < -0.4 is 5.32 Å². The summed E-state index contributed by atoms with van der Waals surface area (Å²) in [7, 11) is 1.60. The molecule has 1 aromatic heterocycles. The second-order valence-corrected chi connectivity index (χ2v) is 3.80. The summed E-state index contributed by atoms with van der Waals surface area (Å²) in [6, 6.07) is 5.99. The monoisotopic (exact) mass is 262 g/mol. The summed E-state index contributed by atoms with van der Waals surface area (Å²) in [6.07, 6.45) is 1.31. The summed E-state index contributed by atoms with van der Waals surface area (Å²) in [5, 5.41) is 22.5. The number of aromatic carboxylic acids is 1. The van der Waals surface area contributed by atoms with E-state index in [2.05, 4.69) is 10.3 Å². The second-order valence-electron chi connectivity index (χ2n) is 3.80. The van der Waals surface area contributed by atoms with Crippen LogP contribution in [0.25, 0.3) is 0 Å². The summed E-state index contributed by atoms with van der Waals surface area (Å²) in [5.41, 5.74) is 0.529. The van der Waals surface area contributed by atoms with Crippen LogP contribution in [0.1, 0.15) is 10.4 Å². The van der Waals surface area contributed by atoms with Crippen molar-refractivity contribution in [3.05, 3.63) is 46.3 Å². The molecule has 0 radical (unpaired) electrons. The number of benzene rings is 1. The summed E-state index contributed by atoms with van der Waals surface area (Å²) in [5.74, 6) is -1.20. The van der Waals surface area contributed by atoms with Gasteiger partial charge in [0.25, 0.3) is 0 Å². The van der Waals surface area contributed by atoms with Crippen molar-refractivity contribution in [2.24, 2.45) is 7.05 Å². The maximum absolute atomic E-state index is 10.8. The molecule has 0 amide bonds. The van der Waals surface area contributed by atoms with Crippen LogP contribution in [0.4, 0.5) is 17.3 Å². The average Bonchev–Trinajstić information content (AvgIpc) is 2.71. The molecular formula is C11H10N4O4. The van der Waals surface area contributed by atoms with Crippen LogP contribution >= 0.6 is 0 Å². The van der Waals surface area contributed by atoms with Crippen LogP contribution in [0.15, 0.2) is 30.6 Å². The van der Waals surface area contributed by atoms with Crippen molar-refractivity contribution >= 4 is 23.3 Å². The third-order valence-electron chi connectivity index (χ3n) is 2.46. The zero-order chi connectivity index (χ0) is 14.0. The van der Waals surface area contributed by atoms with Gasteiger partial charge >= 0.3 is 11.8 Å². The normalized spacial score (nSPS) is 10.2. The average molecular weight is 262 g/mol. The van der Waals surface area contributed by atoms with E-state index in [-0.39, 0.29) is 17.2 Å². The molecule has 8 nitrogen and oxygen atoms in total. The van der Waals surface area contributed by atoms with Gasteiger partial charge in [-0.2, -0.15) is 0 Å². The predicted octanol–water partition coefficient (Wildman–Crippen LogP) is 1.77. The summed E-state index contributed by atoms with van der Waals surface area (Å²) in [6.45, 7) is 0. The molecule has 0 spiro atoms. The van der Waals surface area contributed by atoms with Crippen LogP contribution in [-0.4, -0.2) is 25.6 Å². The van der Waals surface area contributed by atoms with Crippen LogP contribution in [0, 0.1) is 10.1 Å². The van der Waals surface area contributed by atoms with Crippen LogP contribution in [-0.2, 0) is 7.05 Å². The predicted molar refractivity (Wildman–Crippen MR) is 66.5 cm³/mol. The molecule has 1 aromatic carbocycles. The van der Waals surface area contributed by atoms with E-state index >= 15 is 0 Å². The molecule has 1 heterocycles. The molecule has 0 bridgehead atoms. The molecule has 0 aliphatic rings. The lowest BCUT2D eigenvalue weighted by molar-refractivity contribution is -0.388. The molecule has 2 N–H and O–H groups in total. The standard InChI is InChI=1S/C11H10N4O4/c1-14-6-12-9(15(18)19)10(14)13-8-4-2-3-7(5-8)11(16)17/h2-6,13H,1H3,(H,16,17). The zero-order valence-corrected chi connectivity index (χ0v) is 9.90. The second kappa shape index (κ2) is 4.77. The number of hydrogen-bond acceptors (Lipinski definition) is 5. The minimum Gasteiger partial charge on any atom is -0.478 e. The maximum atomic E-state index is 10.8. The van der Waals surface area contributed by atoms with E-state index < -0.39 is 10.9 Å². The third-order valence-corrected chi connectivity index (χ3v) is 2.46. The number of aromatic nitrogens is 2. The van der Waals surface area contributed by atoms with Crippen LogP contribution in [0.2, 0.25) is 0 Å². The number of nitrogens with one attached hydrogen (secondary N) is 1. The highest BCUT2D eigenvalue weighted by atomic mass is 16.6. The first kappa shape index (κ1) is 12.6. The smallest absolute Gasteiger partial charge is 0.406 e. The first-order chi connectivity index (χ1) is 8.99. The summed E-state index contributed by atoms with van der Waals surface area (Å²) < 4.78 is 1.45. The molecule has 0 aliphatic heterocycles. The van der Waals surface area contributed by atoms with E-state index in [1.165, 1.54) is 23.0 Å². The van der Waals surface area contributed by atoms with E-state index in [4.69, 9.17) is 5.11 Å². The molecule has 0 saturated heterocycles. The van der Waals surface area contributed by atoms with Gasteiger partial charge < -0.3 is 20.5 Å². The van der Waals surface area contributed by atoms with Crippen molar-refractivity contribution in [1.29, 1.82) is 0 Å². The third kappa shape index (κ3) is 2.51. The van der Waals surface area contributed by atoms with Crippen molar-refractivity contribution < 1.29 is 14.8 Å². The fourth-order valence-corrected chi connectivity index (χ4v) is 1.56. The minimum atomic E-state index is -1.07. The number of anilines is 2. The number of carboxylic acids is 1. The van der Waals surface area contributed by atoms with Crippen molar-refractivity contribution in [2.75, 3.05) is 5.32 Å². The highest BCUT2D eigenvalue weighted by Crippen LogP contribution is 2.25. The molecule has 2 aromatic rings. The lowest BCUT2D eigenvalue weighted by Gasteiger charge is -2.06. The number of rotatable bonds is 4. The highest BCUT2D eigenvalue weighted by molar-refractivity contribution is 5.89. The molecular weight excluding hydrogens is 252 g/mol. The Bertz CT molecular complexity index is 650. The van der Waals surface area contributed by atoms with Crippen molar-refractivity contribution in [3.8, 4) is 0 Å². The number of carboxylic acid groups (broad SMARTS) is 1. The molecule has 0 atom stereocenters. The minimum absolute atomic E-state index is 0.0924. The van der Waals surface area contributed by atoms with Crippen molar-refractivity contribution in [2.45, 2.75) is 0 Å². The Morgan fingerprint density at radius 2 is 2.26 bits per heavy atom. The summed E-state index contributed by atoms with van der Waals surface area (Å²) in [4.78, 5) is 24.7. The Morgan fingerprint density at radius 1 is 1.53 bits per heavy atom. The summed E-state index contributed by atoms with van der Waals surface area (Å²) >= 11 is 0. The fraction of sp³-hybridized carbons (Fsp3) is 0.0909. The molecule has 98 valence electrons. The lowest BCUT2D eigenvalue weighted by Crippen LogP contribution is -2.02. The van der Waals surface area contributed by atoms with Gasteiger partial charge in [0.2, 0.25) is 12.1 Å². The first-order valence-electron chi connectivity index (χ1n) is 5.25. The van der Waals surface area contributed by atoms with Crippen LogP contribution in [0.5, 0.6) is 0 Å². The van der Waals surface area contributed by atoms with Crippen molar-refractivity contribution in [1.82, 2.24) is 9.55 Å². The highest BCUT2D eigenvalue weighted by Gasteiger charge is 2.20. The number of hydrogen-bond donors (Lipinski definition) is 2. The molecule has 0 unspecified atom stereocenters. The molecule has 19 heavy (non-hydrogen) atoms. The molecule has 8 heteroatoms. The zero-order valence-electron chi connectivity index (χ0n) is 9.90. The van der Waals surface area contributed by atoms with Gasteiger partial charge in [-0.25, -0.2) is 4.79 Å². The topological polar surface area (TPSA) is 110 Å². The number of carbonyl (C=O) groups is 1. The Hall–Kier alpha value is -2.90. The van der Waals surface area contributed by atoms with Gasteiger partial charge in [0.15, 0.2) is 0 Å². The number of nitrogens with zero attached hydrogens (tertiary/aromatic N) is 3. The molecule has 0 aliphatic carbocycles. The Kier molecular flexibility index (Phi) is 3.15. The van der Waals surface area contributed by atoms with Gasteiger partial charge in [0.1, 0.15) is 0 Å². The fourth-order valence-electron chi connectivity index (χ4n) is 1.56. The van der Waals surface area contributed by atoms with E-state index in [0.717, 1.165) is 0 Å². The first-order valence-corrected chi connectivity index (χ1v) is 5.25. The largest absolute Gasteiger partial charge is 0.478 e. The lowest BCUT2D eigenvalue weighted by atomic mass is 10.2. The van der Waals surface area contributed by atoms with Gasteiger partial charge in [-0.3, -0.25) is 4.57 Å². The van der Waals surface area contributed by atoms with E-state index in [1.807, 2.05) is 0 Å². The number of aryl methyl sites for hydroxylation is 1. The van der Waals surface area contributed by atoms with Crippen LogP contribution in [0.3, 0.4) is 0 Å². The van der Waals surface area contributed by atoms with Gasteiger partial charge in [-0.15, -0.1) is 0 Å². The number of nitro groups is 1. The van der Waals surface area contributed by atoms with Gasteiger partial charge in [0.05, 0.1) is 5.56 Å². The van der Waals surface area contributed by atoms with E-state index in [9.17, 15) is 14.9 Å². The maximum Gasteiger partial charge on any atom is 0.406 e. The number of imidazole rings is 1. The Balaban J connectivity index is 2.36. The Labute approximate surface area is 107 Å². The molecule has 0 fully saturated rings. The van der Waals surface area contributed by atoms with Gasteiger partial charge in [0, 0.05) is 12.7 Å². The quantitative estimate of drug-likeness (QED) is 0.641. The van der Waals surface area contributed by atoms with Crippen molar-refractivity contribution in [3.63, 3.8) is 0 Å². The Morgan fingerprint density at radius 3 is 2.89 bits per heavy atom. The SMILES string of the molecule is Cn1cnc([N+](=O)[O-])c1Nc1cccc(C(=O)O)c1. The molecule has 0 saturated carbocycles. The van der Waals surface area contributed by atoms with E-state index in [1.54, 1.807) is 19.2 Å². The van der Waals surface area contributed by atoms with E-state index in [0.29, 0.717) is 5.69 Å². The molecule has 2 rings (SSSR count). The van der Waals surface area contributed by atoms with Gasteiger partial charge in [-0.1, -0.05) is 6.07 Å². The van der Waals surface area contributed by atoms with Gasteiger partial charge in [-0.05, 0) is 28.1 Å².